The van der Waals surface area contributed by atoms with Crippen LogP contribution in [0.1, 0.15) is 29.5 Å². The Bertz CT molecular complexity index is 1010. The number of aryl methyl sites for hydroxylation is 3. The van der Waals surface area contributed by atoms with Crippen molar-refractivity contribution in [1.82, 2.24) is 4.31 Å². The highest BCUT2D eigenvalue weighted by atomic mass is 32.2. The van der Waals surface area contributed by atoms with Gasteiger partial charge in [0.2, 0.25) is 10.0 Å². The monoisotopic (exact) mass is 416 g/mol. The van der Waals surface area contributed by atoms with E-state index in [-0.39, 0.29) is 17.4 Å². The molecule has 7 heteroatoms. The Hall–Kier alpha value is -2.38. The molecule has 0 aromatic heterocycles. The van der Waals surface area contributed by atoms with Crippen LogP contribution in [0.25, 0.3) is 0 Å². The molecule has 29 heavy (non-hydrogen) atoms. The van der Waals surface area contributed by atoms with E-state index in [1.54, 1.807) is 37.1 Å². The number of benzene rings is 2. The summed E-state index contributed by atoms with van der Waals surface area (Å²) in [4.78, 5) is 14.4. The lowest BCUT2D eigenvalue weighted by Gasteiger charge is -2.20. The van der Waals surface area contributed by atoms with Gasteiger partial charge in [0, 0.05) is 25.8 Å². The summed E-state index contributed by atoms with van der Waals surface area (Å²) in [5.41, 5.74) is 3.79. The maximum Gasteiger partial charge on any atom is 0.264 e. The normalized spacial score (nSPS) is 14.8. The van der Waals surface area contributed by atoms with Gasteiger partial charge in [-0.2, -0.15) is 4.31 Å². The molecule has 1 saturated heterocycles. The van der Waals surface area contributed by atoms with Crippen molar-refractivity contribution < 1.29 is 17.9 Å². The number of carbonyl (C=O) groups excluding carboxylic acids is 1. The zero-order valence-corrected chi connectivity index (χ0v) is 18.3. The first kappa shape index (κ1) is 21.3. The number of likely N-dealkylation sites (N-methyl/N-ethyl adjacent to an activating group) is 1. The summed E-state index contributed by atoms with van der Waals surface area (Å²) in [6, 6.07) is 10.6. The predicted octanol–water partition coefficient (Wildman–Crippen LogP) is 3.44. The Labute approximate surface area is 173 Å². The Morgan fingerprint density at radius 2 is 1.69 bits per heavy atom. The molecule has 0 saturated carbocycles. The standard InChI is InChI=1S/C22H28N2O4S/c1-16-7-8-19(13-17(16)2)23(4)22(25)15-28-21-10-9-20(14-18(21)3)29(26,27)24-11-5-6-12-24/h7-10,13-14H,5-6,11-12,15H2,1-4H3. The molecule has 2 aromatic carbocycles. The summed E-state index contributed by atoms with van der Waals surface area (Å²) in [7, 11) is -1.75. The fraction of sp³-hybridized carbons (Fsp3) is 0.409. The molecule has 0 N–H and O–H groups in total. The Kier molecular flexibility index (Phi) is 6.29. The lowest BCUT2D eigenvalue weighted by Crippen LogP contribution is -2.31. The fourth-order valence-corrected chi connectivity index (χ4v) is 4.94. The number of hydrogen-bond acceptors (Lipinski definition) is 4. The quantitative estimate of drug-likeness (QED) is 0.724. The molecule has 6 nitrogen and oxygen atoms in total. The second kappa shape index (κ2) is 8.55. The van der Waals surface area contributed by atoms with Crippen molar-refractivity contribution in [3.63, 3.8) is 0 Å². The van der Waals surface area contributed by atoms with E-state index in [4.69, 9.17) is 4.74 Å². The number of nitrogens with zero attached hydrogens (tertiary/aromatic N) is 2. The summed E-state index contributed by atoms with van der Waals surface area (Å²) >= 11 is 0. The first-order valence-electron chi connectivity index (χ1n) is 9.77. The summed E-state index contributed by atoms with van der Waals surface area (Å²) in [5.74, 6) is 0.327. The highest BCUT2D eigenvalue weighted by Crippen LogP contribution is 2.26. The van der Waals surface area contributed by atoms with E-state index in [1.165, 1.54) is 9.87 Å². The van der Waals surface area contributed by atoms with Gasteiger partial charge in [-0.1, -0.05) is 6.07 Å². The SMILES string of the molecule is Cc1ccc(N(C)C(=O)COc2ccc(S(=O)(=O)N3CCCC3)cc2C)cc1C. The van der Waals surface area contributed by atoms with Gasteiger partial charge in [-0.05, 0) is 80.6 Å². The van der Waals surface area contributed by atoms with Gasteiger partial charge in [-0.25, -0.2) is 8.42 Å². The van der Waals surface area contributed by atoms with Crippen LogP contribution in [0.5, 0.6) is 5.75 Å². The van der Waals surface area contributed by atoms with E-state index in [1.807, 2.05) is 32.0 Å². The van der Waals surface area contributed by atoms with Gasteiger partial charge in [-0.3, -0.25) is 4.79 Å². The molecule has 0 bridgehead atoms. The van der Waals surface area contributed by atoms with Crippen LogP contribution in [0, 0.1) is 20.8 Å². The minimum absolute atomic E-state index is 0.123. The molecule has 0 spiro atoms. The van der Waals surface area contributed by atoms with Crippen LogP contribution in [-0.4, -0.2) is 45.4 Å². The number of carbonyl (C=O) groups is 1. The molecule has 1 heterocycles. The van der Waals surface area contributed by atoms with Gasteiger partial charge < -0.3 is 9.64 Å². The zero-order chi connectivity index (χ0) is 21.2. The zero-order valence-electron chi connectivity index (χ0n) is 17.4. The average molecular weight is 417 g/mol. The van der Waals surface area contributed by atoms with Crippen LogP contribution in [0.2, 0.25) is 0 Å². The van der Waals surface area contributed by atoms with Crippen LogP contribution in [0.3, 0.4) is 0 Å². The highest BCUT2D eigenvalue weighted by molar-refractivity contribution is 7.89. The van der Waals surface area contributed by atoms with Gasteiger partial charge in [0.25, 0.3) is 5.91 Å². The second-order valence-electron chi connectivity index (χ2n) is 7.55. The van der Waals surface area contributed by atoms with Crippen molar-refractivity contribution >= 4 is 21.6 Å². The molecule has 156 valence electrons. The summed E-state index contributed by atoms with van der Waals surface area (Å²) in [5, 5.41) is 0. The van der Waals surface area contributed by atoms with Gasteiger partial charge >= 0.3 is 0 Å². The molecule has 2 aromatic rings. The molecular weight excluding hydrogens is 388 g/mol. The Balaban J connectivity index is 1.67. The number of sulfonamides is 1. The van der Waals surface area contributed by atoms with E-state index in [0.29, 0.717) is 24.4 Å². The van der Waals surface area contributed by atoms with Crippen molar-refractivity contribution in [2.75, 3.05) is 31.6 Å². The maximum atomic E-state index is 12.7. The van der Waals surface area contributed by atoms with E-state index < -0.39 is 10.0 Å². The largest absolute Gasteiger partial charge is 0.483 e. The van der Waals surface area contributed by atoms with Crippen molar-refractivity contribution in [2.24, 2.45) is 0 Å². The van der Waals surface area contributed by atoms with Crippen LogP contribution in [0.4, 0.5) is 5.69 Å². The minimum atomic E-state index is -3.46. The Morgan fingerprint density at radius 3 is 2.31 bits per heavy atom. The van der Waals surface area contributed by atoms with E-state index in [0.717, 1.165) is 24.1 Å². The molecule has 1 aliphatic rings. The Morgan fingerprint density at radius 1 is 1.00 bits per heavy atom. The summed E-state index contributed by atoms with van der Waals surface area (Å²) in [6.45, 7) is 6.84. The van der Waals surface area contributed by atoms with Gasteiger partial charge in [-0.15, -0.1) is 0 Å². The molecule has 0 aliphatic carbocycles. The molecule has 3 rings (SSSR count). The van der Waals surface area contributed by atoms with Crippen LogP contribution >= 0.6 is 0 Å². The number of hydrogen-bond donors (Lipinski definition) is 0. The molecule has 1 amide bonds. The van der Waals surface area contributed by atoms with Crippen molar-refractivity contribution in [1.29, 1.82) is 0 Å². The molecule has 0 atom stereocenters. The lowest BCUT2D eigenvalue weighted by atomic mass is 10.1. The third-order valence-corrected chi connectivity index (χ3v) is 7.35. The number of anilines is 1. The fourth-order valence-electron chi connectivity index (χ4n) is 3.34. The van der Waals surface area contributed by atoms with Gasteiger partial charge in [0.1, 0.15) is 5.75 Å². The van der Waals surface area contributed by atoms with Gasteiger partial charge in [0.05, 0.1) is 4.90 Å². The van der Waals surface area contributed by atoms with E-state index >= 15 is 0 Å². The smallest absolute Gasteiger partial charge is 0.264 e. The summed E-state index contributed by atoms with van der Waals surface area (Å²) < 4.78 is 32.6. The molecular formula is C22H28N2O4S. The highest BCUT2D eigenvalue weighted by Gasteiger charge is 2.27. The average Bonchev–Trinajstić information content (AvgIpc) is 3.24. The number of amides is 1. The third kappa shape index (κ3) is 4.62. The van der Waals surface area contributed by atoms with Crippen LogP contribution in [0.15, 0.2) is 41.3 Å². The molecule has 0 unspecified atom stereocenters. The van der Waals surface area contributed by atoms with E-state index in [9.17, 15) is 13.2 Å². The lowest BCUT2D eigenvalue weighted by molar-refractivity contribution is -0.120. The topological polar surface area (TPSA) is 66.9 Å². The van der Waals surface area contributed by atoms with Crippen molar-refractivity contribution in [3.05, 3.63) is 53.1 Å². The second-order valence-corrected chi connectivity index (χ2v) is 9.49. The number of rotatable bonds is 6. The van der Waals surface area contributed by atoms with Gasteiger partial charge in [0.15, 0.2) is 6.61 Å². The van der Waals surface area contributed by atoms with Crippen LogP contribution in [-0.2, 0) is 14.8 Å². The predicted molar refractivity (Wildman–Crippen MR) is 114 cm³/mol. The minimum Gasteiger partial charge on any atom is -0.483 e. The summed E-state index contributed by atoms with van der Waals surface area (Å²) in [6.07, 6.45) is 1.80. The molecule has 1 aliphatic heterocycles. The maximum absolute atomic E-state index is 12.7. The van der Waals surface area contributed by atoms with Crippen molar-refractivity contribution in [2.45, 2.75) is 38.5 Å². The van der Waals surface area contributed by atoms with Crippen molar-refractivity contribution in [3.8, 4) is 5.75 Å². The third-order valence-electron chi connectivity index (χ3n) is 5.45. The number of ether oxygens (including phenoxy) is 1. The first-order valence-corrected chi connectivity index (χ1v) is 11.2. The first-order chi connectivity index (χ1) is 13.7. The van der Waals surface area contributed by atoms with E-state index in [2.05, 4.69) is 0 Å². The molecule has 1 fully saturated rings. The molecule has 0 radical (unpaired) electrons. The van der Waals surface area contributed by atoms with Crippen LogP contribution < -0.4 is 9.64 Å².